The third-order valence-electron chi connectivity index (χ3n) is 3.22. The van der Waals surface area contributed by atoms with Crippen molar-refractivity contribution < 1.29 is 17.9 Å². The van der Waals surface area contributed by atoms with Gasteiger partial charge in [0.05, 0.1) is 16.2 Å². The highest BCUT2D eigenvalue weighted by Crippen LogP contribution is 2.32. The lowest BCUT2D eigenvalue weighted by Gasteiger charge is -2.47. The molecule has 1 fully saturated rings. The van der Waals surface area contributed by atoms with Crippen molar-refractivity contribution >= 4 is 15.7 Å². The average Bonchev–Trinajstić information content (AvgIpc) is 2.24. The molecule has 1 aliphatic heterocycles. The summed E-state index contributed by atoms with van der Waals surface area (Å²) in [5.74, 6) is -0.653. The minimum Gasteiger partial charge on any atom is -0.386 e. The summed E-state index contributed by atoms with van der Waals surface area (Å²) in [6, 6.07) is 3.52. The van der Waals surface area contributed by atoms with E-state index in [2.05, 4.69) is 0 Å². The van der Waals surface area contributed by atoms with Gasteiger partial charge in [-0.1, -0.05) is 6.92 Å². The summed E-state index contributed by atoms with van der Waals surface area (Å²) in [5.41, 5.74) is -0.494. The minimum absolute atomic E-state index is 0.255. The fraction of sp³-hybridized carbons (Fsp3) is 0.455. The number of primary sulfonamides is 1. The largest absolute Gasteiger partial charge is 0.386 e. The molecule has 0 spiro atoms. The lowest BCUT2D eigenvalue weighted by molar-refractivity contribution is 0.00817. The van der Waals surface area contributed by atoms with E-state index in [-0.39, 0.29) is 10.6 Å². The maximum absolute atomic E-state index is 13.8. The Hall–Kier alpha value is -1.18. The van der Waals surface area contributed by atoms with Crippen molar-refractivity contribution in [1.29, 1.82) is 0 Å². The molecule has 5 nitrogen and oxygen atoms in total. The Kier molecular flexibility index (Phi) is 3.08. The lowest BCUT2D eigenvalue weighted by atomic mass is 9.91. The second kappa shape index (κ2) is 4.18. The Balaban J connectivity index is 2.23. The van der Waals surface area contributed by atoms with Crippen LogP contribution in [-0.2, 0) is 10.0 Å². The Morgan fingerprint density at radius 2 is 2.11 bits per heavy atom. The summed E-state index contributed by atoms with van der Waals surface area (Å²) in [7, 11) is -3.89. The van der Waals surface area contributed by atoms with Gasteiger partial charge in [-0.15, -0.1) is 0 Å². The Bertz CT molecular complexity index is 568. The highest BCUT2D eigenvalue weighted by atomic mass is 32.2. The van der Waals surface area contributed by atoms with Crippen molar-refractivity contribution in [1.82, 2.24) is 0 Å². The van der Waals surface area contributed by atoms with Gasteiger partial charge in [0.25, 0.3) is 0 Å². The van der Waals surface area contributed by atoms with Crippen LogP contribution in [0.25, 0.3) is 0 Å². The predicted octanol–water partition coefficient (Wildman–Crippen LogP) is 0.434. The van der Waals surface area contributed by atoms with Crippen LogP contribution in [0.1, 0.15) is 13.3 Å². The number of sulfonamides is 1. The number of hydrogen-bond donors (Lipinski definition) is 2. The van der Waals surface area contributed by atoms with Gasteiger partial charge in [0.15, 0.2) is 0 Å². The van der Waals surface area contributed by atoms with Gasteiger partial charge < -0.3 is 10.0 Å². The van der Waals surface area contributed by atoms with Crippen LogP contribution in [0.3, 0.4) is 0 Å². The summed E-state index contributed by atoms with van der Waals surface area (Å²) in [5, 5.41) is 14.8. The fourth-order valence-corrected chi connectivity index (χ4v) is 2.50. The molecule has 0 aromatic heterocycles. The van der Waals surface area contributed by atoms with Crippen LogP contribution in [0, 0.1) is 5.82 Å². The third kappa shape index (κ3) is 2.33. The summed E-state index contributed by atoms with van der Waals surface area (Å²) < 4.78 is 35.9. The SMILES string of the molecule is CCC1(O)CN(c2ccc(S(N)(=O)=O)cc2F)C1. The fourth-order valence-electron chi connectivity index (χ4n) is 1.98. The first-order valence-corrected chi connectivity index (χ1v) is 7.09. The second-order valence-corrected chi connectivity index (χ2v) is 6.15. The lowest BCUT2D eigenvalue weighted by Crippen LogP contribution is -2.61. The molecule has 0 saturated carbocycles. The van der Waals surface area contributed by atoms with Crippen molar-refractivity contribution in [2.75, 3.05) is 18.0 Å². The molecule has 1 saturated heterocycles. The zero-order chi connectivity index (χ0) is 13.6. The van der Waals surface area contributed by atoms with E-state index in [9.17, 15) is 17.9 Å². The quantitative estimate of drug-likeness (QED) is 0.837. The number of halogens is 1. The molecule has 1 aromatic rings. The molecule has 1 aliphatic rings. The minimum atomic E-state index is -3.89. The Morgan fingerprint density at radius 1 is 1.50 bits per heavy atom. The van der Waals surface area contributed by atoms with E-state index in [1.165, 1.54) is 12.1 Å². The van der Waals surface area contributed by atoms with E-state index in [0.717, 1.165) is 6.07 Å². The van der Waals surface area contributed by atoms with Gasteiger partial charge in [0, 0.05) is 13.1 Å². The molecule has 0 atom stereocenters. The second-order valence-electron chi connectivity index (χ2n) is 4.59. The van der Waals surface area contributed by atoms with E-state index < -0.39 is 21.4 Å². The van der Waals surface area contributed by atoms with Crippen molar-refractivity contribution in [2.24, 2.45) is 5.14 Å². The molecule has 0 bridgehead atoms. The van der Waals surface area contributed by atoms with Gasteiger partial charge in [-0.3, -0.25) is 0 Å². The van der Waals surface area contributed by atoms with Gasteiger partial charge in [0.2, 0.25) is 10.0 Å². The number of rotatable bonds is 3. The average molecular weight is 274 g/mol. The maximum atomic E-state index is 13.8. The Labute approximate surface area is 105 Å². The molecule has 0 unspecified atom stereocenters. The smallest absolute Gasteiger partial charge is 0.238 e. The summed E-state index contributed by atoms with van der Waals surface area (Å²) >= 11 is 0. The standard InChI is InChI=1S/C11H15FN2O3S/c1-2-11(15)6-14(7-11)10-4-3-8(5-9(10)12)18(13,16)17/h3-5,15H,2,6-7H2,1H3,(H2,13,16,17). The molecule has 1 aromatic carbocycles. The number of hydrogen-bond acceptors (Lipinski definition) is 4. The number of nitrogens with zero attached hydrogens (tertiary/aromatic N) is 1. The monoisotopic (exact) mass is 274 g/mol. The molecular weight excluding hydrogens is 259 g/mol. The topological polar surface area (TPSA) is 83.6 Å². The molecule has 7 heteroatoms. The van der Waals surface area contributed by atoms with Crippen LogP contribution in [0.15, 0.2) is 23.1 Å². The van der Waals surface area contributed by atoms with E-state index in [4.69, 9.17) is 5.14 Å². The number of aliphatic hydroxyl groups is 1. The third-order valence-corrected chi connectivity index (χ3v) is 4.13. The number of nitrogens with two attached hydrogens (primary N) is 1. The van der Waals surface area contributed by atoms with E-state index in [0.29, 0.717) is 19.5 Å². The van der Waals surface area contributed by atoms with Crippen LogP contribution in [0.2, 0.25) is 0 Å². The normalized spacial score (nSPS) is 18.6. The number of anilines is 1. The van der Waals surface area contributed by atoms with Gasteiger partial charge in [0.1, 0.15) is 5.82 Å². The zero-order valence-corrected chi connectivity index (χ0v) is 10.7. The summed E-state index contributed by atoms with van der Waals surface area (Å²) in [4.78, 5) is 1.40. The molecule has 2 rings (SSSR count). The van der Waals surface area contributed by atoms with E-state index in [1.807, 2.05) is 6.92 Å². The molecule has 3 N–H and O–H groups in total. The van der Waals surface area contributed by atoms with Crippen molar-refractivity contribution in [3.63, 3.8) is 0 Å². The molecule has 18 heavy (non-hydrogen) atoms. The highest BCUT2D eigenvalue weighted by Gasteiger charge is 2.40. The first-order valence-electron chi connectivity index (χ1n) is 5.55. The number of benzene rings is 1. The first kappa shape index (κ1) is 13.3. The van der Waals surface area contributed by atoms with Crippen molar-refractivity contribution in [3.8, 4) is 0 Å². The van der Waals surface area contributed by atoms with Crippen molar-refractivity contribution in [3.05, 3.63) is 24.0 Å². The first-order chi connectivity index (χ1) is 8.25. The maximum Gasteiger partial charge on any atom is 0.238 e. The molecular formula is C11H15FN2O3S. The van der Waals surface area contributed by atoms with Crippen LogP contribution in [0.5, 0.6) is 0 Å². The summed E-state index contributed by atoms with van der Waals surface area (Å²) in [6.07, 6.45) is 0.598. The molecule has 1 heterocycles. The van der Waals surface area contributed by atoms with Gasteiger partial charge in [-0.25, -0.2) is 17.9 Å². The Morgan fingerprint density at radius 3 is 2.56 bits per heavy atom. The van der Waals surface area contributed by atoms with Gasteiger partial charge in [-0.05, 0) is 24.6 Å². The molecule has 0 amide bonds. The van der Waals surface area contributed by atoms with E-state index in [1.54, 1.807) is 4.90 Å². The van der Waals surface area contributed by atoms with E-state index >= 15 is 0 Å². The molecule has 0 radical (unpaired) electrons. The molecule has 0 aliphatic carbocycles. The van der Waals surface area contributed by atoms with Crippen LogP contribution < -0.4 is 10.0 Å². The molecule has 100 valence electrons. The van der Waals surface area contributed by atoms with Crippen molar-refractivity contribution in [2.45, 2.75) is 23.8 Å². The van der Waals surface area contributed by atoms with Gasteiger partial charge >= 0.3 is 0 Å². The number of β-amino-alcohol motifs (C(OH)–C–C–N with tert-alkyl or cyclic N) is 1. The summed E-state index contributed by atoms with van der Waals surface area (Å²) in [6.45, 7) is 2.54. The van der Waals surface area contributed by atoms with Crippen LogP contribution in [-0.4, -0.2) is 32.2 Å². The zero-order valence-electron chi connectivity index (χ0n) is 9.93. The van der Waals surface area contributed by atoms with Crippen LogP contribution >= 0.6 is 0 Å². The van der Waals surface area contributed by atoms with Crippen LogP contribution in [0.4, 0.5) is 10.1 Å². The van der Waals surface area contributed by atoms with Gasteiger partial charge in [-0.2, -0.15) is 0 Å². The highest BCUT2D eigenvalue weighted by molar-refractivity contribution is 7.89. The predicted molar refractivity (Wildman–Crippen MR) is 65.2 cm³/mol.